The zero-order valence-electron chi connectivity index (χ0n) is 18.8. The second-order valence-electron chi connectivity index (χ2n) is 7.83. The first kappa shape index (κ1) is 26.4. The van der Waals surface area contributed by atoms with Crippen molar-refractivity contribution in [3.8, 4) is 5.75 Å². The number of ether oxygens (including phenoxy) is 2. The van der Waals surface area contributed by atoms with E-state index in [1.165, 1.54) is 24.3 Å². The van der Waals surface area contributed by atoms with Crippen LogP contribution in [0.1, 0.15) is 60.2 Å². The molecule has 0 radical (unpaired) electrons. The second-order valence-corrected chi connectivity index (χ2v) is 9.35. The topological polar surface area (TPSA) is 116 Å². The highest BCUT2D eigenvalue weighted by Crippen LogP contribution is 2.35. The van der Waals surface area contributed by atoms with Gasteiger partial charge in [-0.05, 0) is 35.9 Å². The van der Waals surface area contributed by atoms with Gasteiger partial charge in [-0.2, -0.15) is 21.6 Å². The predicted molar refractivity (Wildman–Crippen MR) is 116 cm³/mol. The molecule has 0 saturated heterocycles. The van der Waals surface area contributed by atoms with Gasteiger partial charge in [0.15, 0.2) is 0 Å². The lowest BCUT2D eigenvalue weighted by Gasteiger charge is -2.25. The number of carbonyl (C=O) groups excluding carboxylic acids is 3. The van der Waals surface area contributed by atoms with Crippen LogP contribution in [0.15, 0.2) is 30.3 Å². The summed E-state index contributed by atoms with van der Waals surface area (Å²) in [5, 5.41) is -0.197. The molecule has 1 aliphatic heterocycles. The Labute approximate surface area is 198 Å². The number of rotatable bonds is 9. The summed E-state index contributed by atoms with van der Waals surface area (Å²) in [5.41, 5.74) is -6.54. The Morgan fingerprint density at radius 3 is 2.40 bits per heavy atom. The zero-order chi connectivity index (χ0) is 26.0. The van der Waals surface area contributed by atoms with E-state index in [2.05, 4.69) is 4.28 Å². The molecule has 1 atom stereocenters. The number of halogens is 3. The van der Waals surface area contributed by atoms with E-state index in [0.717, 1.165) is 31.7 Å². The van der Waals surface area contributed by atoms with Crippen LogP contribution >= 0.6 is 0 Å². The molecule has 3 rings (SSSR count). The van der Waals surface area contributed by atoms with Crippen LogP contribution < -0.4 is 4.74 Å². The Bertz CT molecular complexity index is 1260. The molecule has 0 saturated carbocycles. The maximum atomic E-state index is 12.8. The fourth-order valence-corrected chi connectivity index (χ4v) is 3.95. The first-order valence-corrected chi connectivity index (χ1v) is 12.1. The number of imide groups is 1. The van der Waals surface area contributed by atoms with Crippen LogP contribution in [0, 0.1) is 5.92 Å². The third-order valence-electron chi connectivity index (χ3n) is 5.42. The predicted octanol–water partition coefficient (Wildman–Crippen LogP) is 4.95. The lowest BCUT2D eigenvalue weighted by Crippen LogP contribution is -2.44. The van der Waals surface area contributed by atoms with Crippen LogP contribution in [0.25, 0.3) is 10.8 Å². The summed E-state index contributed by atoms with van der Waals surface area (Å²) in [6, 6.07) is 6.34. The summed E-state index contributed by atoms with van der Waals surface area (Å²) in [4.78, 5) is 37.6. The molecule has 2 amide bonds. The highest BCUT2D eigenvalue weighted by molar-refractivity contribution is 7.87. The third kappa shape index (κ3) is 5.56. The fourth-order valence-electron chi connectivity index (χ4n) is 3.54. The first-order chi connectivity index (χ1) is 16.4. The molecule has 2 aromatic rings. The summed E-state index contributed by atoms with van der Waals surface area (Å²) < 4.78 is 75.2. The Morgan fingerprint density at radius 2 is 1.77 bits per heavy atom. The van der Waals surface area contributed by atoms with E-state index in [1.54, 1.807) is 0 Å². The maximum Gasteiger partial charge on any atom is 0.525 e. The number of benzene rings is 2. The van der Waals surface area contributed by atoms with E-state index < -0.39 is 44.2 Å². The molecule has 0 N–H and O–H groups in total. The number of carbonyl (C=O) groups is 3. The van der Waals surface area contributed by atoms with Crippen molar-refractivity contribution >= 4 is 38.9 Å². The summed E-state index contributed by atoms with van der Waals surface area (Å²) in [7, 11) is -6.31. The lowest BCUT2D eigenvalue weighted by molar-refractivity contribution is -0.0761. The van der Waals surface area contributed by atoms with Gasteiger partial charge in [-0.3, -0.25) is 9.59 Å². The second kappa shape index (κ2) is 10.2. The number of alkyl halides is 3. The van der Waals surface area contributed by atoms with Crippen LogP contribution in [0.4, 0.5) is 18.0 Å². The highest BCUT2D eigenvalue weighted by atomic mass is 32.2. The maximum absolute atomic E-state index is 12.8. The Balaban J connectivity index is 1.89. The van der Waals surface area contributed by atoms with Crippen molar-refractivity contribution in [3.63, 3.8) is 0 Å². The number of hydrogen-bond acceptors (Lipinski definition) is 8. The minimum absolute atomic E-state index is 0.0399. The average Bonchev–Trinajstić information content (AvgIpc) is 2.79. The minimum atomic E-state index is -6.31. The minimum Gasteiger partial charge on any atom is -0.434 e. The van der Waals surface area contributed by atoms with Crippen molar-refractivity contribution in [1.82, 2.24) is 5.06 Å². The van der Waals surface area contributed by atoms with E-state index in [4.69, 9.17) is 9.47 Å². The van der Waals surface area contributed by atoms with Gasteiger partial charge in [0.2, 0.25) is 0 Å². The van der Waals surface area contributed by atoms with Crippen molar-refractivity contribution in [2.45, 2.75) is 45.0 Å². The van der Waals surface area contributed by atoms with Gasteiger partial charge in [0, 0.05) is 5.39 Å². The van der Waals surface area contributed by atoms with Crippen LogP contribution in [0.5, 0.6) is 5.75 Å². The molecule has 0 aliphatic carbocycles. The Kier molecular flexibility index (Phi) is 7.70. The van der Waals surface area contributed by atoms with E-state index in [9.17, 15) is 36.0 Å². The molecule has 1 aliphatic rings. The molecule has 2 aromatic carbocycles. The monoisotopic (exact) mass is 517 g/mol. The molecule has 13 heteroatoms. The summed E-state index contributed by atoms with van der Waals surface area (Å²) in [5.74, 6) is -2.93. The van der Waals surface area contributed by atoms with Crippen molar-refractivity contribution < 1.29 is 49.7 Å². The van der Waals surface area contributed by atoms with Gasteiger partial charge in [0.05, 0.1) is 17.7 Å². The number of amides is 2. The summed E-state index contributed by atoms with van der Waals surface area (Å²) in [6.07, 6.45) is 2.55. The van der Waals surface area contributed by atoms with E-state index >= 15 is 0 Å². The molecule has 9 nitrogen and oxygen atoms in total. The Morgan fingerprint density at radius 1 is 1.09 bits per heavy atom. The first-order valence-electron chi connectivity index (χ1n) is 10.7. The standard InChI is InChI=1S/C22H22F3NO8S/c1-3-5-7-13(4-2)12-32-21(29)33-15-10-14-8-6-9-16-18(14)17(11-15)20(28)26(19(16)27)34-35(30,31)22(23,24)25/h6,8-11,13H,3-5,7,12H2,1-2H3. The molecule has 35 heavy (non-hydrogen) atoms. The van der Waals surface area contributed by atoms with Gasteiger partial charge in [-0.15, -0.1) is 9.35 Å². The molecular formula is C22H22F3NO8S. The largest absolute Gasteiger partial charge is 0.525 e. The van der Waals surface area contributed by atoms with Crippen molar-refractivity contribution in [1.29, 1.82) is 0 Å². The van der Waals surface area contributed by atoms with E-state index in [0.29, 0.717) is 0 Å². The molecule has 0 bridgehead atoms. The quantitative estimate of drug-likeness (QED) is 0.199. The van der Waals surface area contributed by atoms with Gasteiger partial charge in [-0.1, -0.05) is 45.2 Å². The number of unbranched alkanes of at least 4 members (excludes halogenated alkanes) is 1. The van der Waals surface area contributed by atoms with Crippen LogP contribution in [-0.4, -0.2) is 43.6 Å². The van der Waals surface area contributed by atoms with Gasteiger partial charge in [0.25, 0.3) is 11.8 Å². The fraction of sp³-hybridized carbons (Fsp3) is 0.409. The van der Waals surface area contributed by atoms with Crippen molar-refractivity contribution in [2.24, 2.45) is 5.92 Å². The molecule has 0 aromatic heterocycles. The van der Waals surface area contributed by atoms with Crippen LogP contribution in [-0.2, 0) is 19.1 Å². The summed E-state index contributed by atoms with van der Waals surface area (Å²) >= 11 is 0. The van der Waals surface area contributed by atoms with Crippen LogP contribution in [0.2, 0.25) is 0 Å². The zero-order valence-corrected chi connectivity index (χ0v) is 19.6. The lowest BCUT2D eigenvalue weighted by atomic mass is 9.95. The molecular weight excluding hydrogens is 495 g/mol. The summed E-state index contributed by atoms with van der Waals surface area (Å²) in [6.45, 7) is 4.11. The van der Waals surface area contributed by atoms with Gasteiger partial charge in [0.1, 0.15) is 5.75 Å². The average molecular weight is 517 g/mol. The number of nitrogens with zero attached hydrogens (tertiary/aromatic N) is 1. The highest BCUT2D eigenvalue weighted by Gasteiger charge is 2.51. The smallest absolute Gasteiger partial charge is 0.434 e. The van der Waals surface area contributed by atoms with Crippen molar-refractivity contribution in [3.05, 3.63) is 41.5 Å². The SMILES string of the molecule is CCCCC(CC)COC(=O)Oc1cc2c3c(cccc3c1)C(=O)N(OS(=O)(=O)C(F)(F)F)C2=O. The van der Waals surface area contributed by atoms with Gasteiger partial charge < -0.3 is 9.47 Å². The molecule has 0 fully saturated rings. The number of hydrogen-bond donors (Lipinski definition) is 0. The molecule has 190 valence electrons. The number of hydroxylamine groups is 2. The van der Waals surface area contributed by atoms with Gasteiger partial charge >= 0.3 is 21.8 Å². The van der Waals surface area contributed by atoms with Crippen LogP contribution in [0.3, 0.4) is 0 Å². The molecule has 0 spiro atoms. The molecule has 1 heterocycles. The van der Waals surface area contributed by atoms with Crippen molar-refractivity contribution in [2.75, 3.05) is 6.61 Å². The van der Waals surface area contributed by atoms with E-state index in [1.807, 2.05) is 13.8 Å². The third-order valence-corrected chi connectivity index (χ3v) is 6.33. The van der Waals surface area contributed by atoms with Gasteiger partial charge in [-0.25, -0.2) is 4.79 Å². The Hall–Kier alpha value is -3.19. The molecule has 1 unspecified atom stereocenters. The van der Waals surface area contributed by atoms with E-state index in [-0.39, 0.29) is 34.6 Å². The normalized spacial score (nSPS) is 14.8.